The van der Waals surface area contributed by atoms with E-state index in [0.717, 1.165) is 30.1 Å². The van der Waals surface area contributed by atoms with Gasteiger partial charge < -0.3 is 10.6 Å². The second kappa shape index (κ2) is 8.68. The van der Waals surface area contributed by atoms with Crippen LogP contribution < -0.4 is 10.6 Å². The van der Waals surface area contributed by atoms with Crippen molar-refractivity contribution in [3.05, 3.63) is 54.0 Å². The van der Waals surface area contributed by atoms with Gasteiger partial charge in [-0.15, -0.1) is 0 Å². The molecule has 0 radical (unpaired) electrons. The third-order valence-electron chi connectivity index (χ3n) is 3.93. The number of amides is 1. The molecule has 126 valence electrons. The Bertz CT molecular complexity index is 642. The monoisotopic (exact) mass is 342 g/mol. The summed E-state index contributed by atoms with van der Waals surface area (Å²) < 4.78 is 0. The number of hydrogen-bond donors (Lipinski definition) is 2. The fraction of sp³-hybridized carbons (Fsp3) is 0.389. The Morgan fingerprint density at radius 2 is 2.21 bits per heavy atom. The van der Waals surface area contributed by atoms with Crippen molar-refractivity contribution in [2.45, 2.75) is 25.3 Å². The number of pyridine rings is 2. The largest absolute Gasteiger partial charge is 0.366 e. The standard InChI is InChI=1S/C18H22N4OS/c23-18(20-10-3-5-15-4-1-2-9-19-15)14-6-7-17(21-12-14)22-16-8-11-24-13-16/h1-2,4,6-7,9,12,16H,3,5,8,10-11,13H2,(H,20,23)(H,21,22). The first-order chi connectivity index (χ1) is 11.8. The molecule has 0 aliphatic carbocycles. The molecule has 1 fully saturated rings. The first-order valence-corrected chi connectivity index (χ1v) is 9.45. The van der Waals surface area contributed by atoms with E-state index in [2.05, 4.69) is 20.6 Å². The van der Waals surface area contributed by atoms with E-state index >= 15 is 0 Å². The highest BCUT2D eigenvalue weighted by Gasteiger charge is 2.15. The summed E-state index contributed by atoms with van der Waals surface area (Å²) in [7, 11) is 0. The number of thioether (sulfide) groups is 1. The molecule has 2 N–H and O–H groups in total. The summed E-state index contributed by atoms with van der Waals surface area (Å²) in [6, 6.07) is 10.1. The molecular formula is C18H22N4OS. The minimum Gasteiger partial charge on any atom is -0.366 e. The van der Waals surface area contributed by atoms with E-state index in [9.17, 15) is 4.79 Å². The SMILES string of the molecule is O=C(NCCCc1ccccn1)c1ccc(NC2CCSC2)nc1. The number of carbonyl (C=O) groups excluding carboxylic acids is 1. The Labute approximate surface area is 146 Å². The van der Waals surface area contributed by atoms with E-state index in [1.54, 1.807) is 12.4 Å². The zero-order valence-corrected chi connectivity index (χ0v) is 14.4. The lowest BCUT2D eigenvalue weighted by atomic mass is 10.2. The van der Waals surface area contributed by atoms with Crippen molar-refractivity contribution in [1.82, 2.24) is 15.3 Å². The maximum atomic E-state index is 12.1. The van der Waals surface area contributed by atoms with Crippen LogP contribution in [0.15, 0.2) is 42.7 Å². The minimum atomic E-state index is -0.0773. The number of aryl methyl sites for hydroxylation is 1. The van der Waals surface area contributed by atoms with Crippen LogP contribution in [0.2, 0.25) is 0 Å². The van der Waals surface area contributed by atoms with Crippen LogP contribution in [0.25, 0.3) is 0 Å². The van der Waals surface area contributed by atoms with Gasteiger partial charge in [-0.1, -0.05) is 6.07 Å². The van der Waals surface area contributed by atoms with E-state index in [4.69, 9.17) is 0 Å². The van der Waals surface area contributed by atoms with Crippen molar-refractivity contribution in [2.75, 3.05) is 23.4 Å². The molecule has 24 heavy (non-hydrogen) atoms. The lowest BCUT2D eigenvalue weighted by Crippen LogP contribution is -2.25. The maximum Gasteiger partial charge on any atom is 0.252 e. The fourth-order valence-corrected chi connectivity index (χ4v) is 3.74. The van der Waals surface area contributed by atoms with Gasteiger partial charge in [0.1, 0.15) is 5.82 Å². The van der Waals surface area contributed by atoms with Gasteiger partial charge >= 0.3 is 0 Å². The van der Waals surface area contributed by atoms with Crippen molar-refractivity contribution in [2.24, 2.45) is 0 Å². The normalized spacial score (nSPS) is 16.8. The summed E-state index contributed by atoms with van der Waals surface area (Å²) in [5.41, 5.74) is 1.65. The molecule has 1 saturated heterocycles. The Morgan fingerprint density at radius 3 is 2.92 bits per heavy atom. The smallest absolute Gasteiger partial charge is 0.252 e. The van der Waals surface area contributed by atoms with Gasteiger partial charge in [0, 0.05) is 36.4 Å². The number of hydrogen-bond acceptors (Lipinski definition) is 5. The topological polar surface area (TPSA) is 66.9 Å². The summed E-state index contributed by atoms with van der Waals surface area (Å²) in [5, 5.41) is 6.34. The molecule has 2 aromatic heterocycles. The molecule has 1 amide bonds. The number of carbonyl (C=O) groups is 1. The molecule has 0 aromatic carbocycles. The number of aromatic nitrogens is 2. The average Bonchev–Trinajstić information content (AvgIpc) is 3.13. The van der Waals surface area contributed by atoms with E-state index in [1.165, 1.54) is 12.2 Å². The number of anilines is 1. The van der Waals surface area contributed by atoms with Gasteiger partial charge in [-0.05, 0) is 49.3 Å². The van der Waals surface area contributed by atoms with Crippen LogP contribution in [0.4, 0.5) is 5.82 Å². The highest BCUT2D eigenvalue weighted by atomic mass is 32.2. The zero-order chi connectivity index (χ0) is 16.6. The number of rotatable bonds is 7. The van der Waals surface area contributed by atoms with Gasteiger partial charge in [-0.25, -0.2) is 4.98 Å². The minimum absolute atomic E-state index is 0.0773. The Hall–Kier alpha value is -2.08. The van der Waals surface area contributed by atoms with E-state index < -0.39 is 0 Å². The Morgan fingerprint density at radius 1 is 1.25 bits per heavy atom. The van der Waals surface area contributed by atoms with Crippen LogP contribution in [0.3, 0.4) is 0 Å². The molecule has 1 unspecified atom stereocenters. The molecule has 0 spiro atoms. The molecular weight excluding hydrogens is 320 g/mol. The predicted molar refractivity (Wildman–Crippen MR) is 98.5 cm³/mol. The van der Waals surface area contributed by atoms with Gasteiger partial charge in [-0.3, -0.25) is 9.78 Å². The quantitative estimate of drug-likeness (QED) is 0.758. The lowest BCUT2D eigenvalue weighted by Gasteiger charge is -2.12. The second-order valence-electron chi connectivity index (χ2n) is 5.82. The third kappa shape index (κ3) is 4.96. The molecule has 2 aromatic rings. The van der Waals surface area contributed by atoms with Crippen LogP contribution in [0.1, 0.15) is 28.9 Å². The van der Waals surface area contributed by atoms with Gasteiger partial charge in [0.05, 0.1) is 5.56 Å². The van der Waals surface area contributed by atoms with Crippen molar-refractivity contribution in [1.29, 1.82) is 0 Å². The zero-order valence-electron chi connectivity index (χ0n) is 13.6. The highest BCUT2D eigenvalue weighted by Crippen LogP contribution is 2.20. The van der Waals surface area contributed by atoms with Gasteiger partial charge in [0.15, 0.2) is 0 Å². The molecule has 1 aliphatic heterocycles. The van der Waals surface area contributed by atoms with Crippen LogP contribution in [0.5, 0.6) is 0 Å². The van der Waals surface area contributed by atoms with Gasteiger partial charge in [0.25, 0.3) is 5.91 Å². The summed E-state index contributed by atoms with van der Waals surface area (Å²) in [4.78, 5) is 20.7. The number of nitrogens with one attached hydrogen (secondary N) is 2. The summed E-state index contributed by atoms with van der Waals surface area (Å²) in [6.45, 7) is 0.634. The maximum absolute atomic E-state index is 12.1. The molecule has 1 atom stereocenters. The summed E-state index contributed by atoms with van der Waals surface area (Å²) >= 11 is 1.96. The first-order valence-electron chi connectivity index (χ1n) is 8.30. The molecule has 0 saturated carbocycles. The van der Waals surface area contributed by atoms with Crippen molar-refractivity contribution in [3.8, 4) is 0 Å². The lowest BCUT2D eigenvalue weighted by molar-refractivity contribution is 0.0953. The van der Waals surface area contributed by atoms with Crippen LogP contribution in [0, 0.1) is 0 Å². The van der Waals surface area contributed by atoms with Gasteiger partial charge in [0.2, 0.25) is 0 Å². The fourth-order valence-electron chi connectivity index (χ4n) is 2.59. The summed E-state index contributed by atoms with van der Waals surface area (Å²) in [5.74, 6) is 3.09. The predicted octanol–water partition coefficient (Wildman–Crippen LogP) is 2.76. The van der Waals surface area contributed by atoms with Crippen molar-refractivity contribution in [3.63, 3.8) is 0 Å². The Balaban J connectivity index is 1.41. The van der Waals surface area contributed by atoms with Crippen LogP contribution in [-0.2, 0) is 6.42 Å². The highest BCUT2D eigenvalue weighted by molar-refractivity contribution is 7.99. The summed E-state index contributed by atoms with van der Waals surface area (Å²) in [6.07, 6.45) is 6.33. The van der Waals surface area contributed by atoms with Crippen molar-refractivity contribution >= 4 is 23.5 Å². The number of nitrogens with zero attached hydrogens (tertiary/aromatic N) is 2. The molecule has 3 heterocycles. The van der Waals surface area contributed by atoms with E-state index in [0.29, 0.717) is 18.2 Å². The van der Waals surface area contributed by atoms with E-state index in [-0.39, 0.29) is 5.91 Å². The molecule has 6 heteroatoms. The van der Waals surface area contributed by atoms with Crippen LogP contribution >= 0.6 is 11.8 Å². The molecule has 5 nitrogen and oxygen atoms in total. The van der Waals surface area contributed by atoms with E-state index in [1.807, 2.05) is 42.1 Å². The van der Waals surface area contributed by atoms with Gasteiger partial charge in [-0.2, -0.15) is 11.8 Å². The average molecular weight is 342 g/mol. The second-order valence-corrected chi connectivity index (χ2v) is 6.97. The molecule has 1 aliphatic rings. The van der Waals surface area contributed by atoms with Crippen molar-refractivity contribution < 1.29 is 4.79 Å². The Kier molecular flexibility index (Phi) is 6.07. The third-order valence-corrected chi connectivity index (χ3v) is 5.09. The molecule has 0 bridgehead atoms. The molecule has 3 rings (SSSR count). The van der Waals surface area contributed by atoms with Crippen LogP contribution in [-0.4, -0.2) is 40.0 Å². The first kappa shape index (κ1) is 16.8.